The second kappa shape index (κ2) is 5.80. The molecule has 1 fully saturated rings. The topological polar surface area (TPSA) is 51.5 Å². The molecule has 0 amide bonds. The molecular formula is C12H14ClIN4O. The van der Waals surface area contributed by atoms with Gasteiger partial charge in [-0.2, -0.15) is 5.10 Å². The van der Waals surface area contributed by atoms with E-state index in [-0.39, 0.29) is 6.10 Å². The van der Waals surface area contributed by atoms with Crippen molar-refractivity contribution < 1.29 is 4.74 Å². The Morgan fingerprint density at radius 1 is 1.53 bits per heavy atom. The molecule has 7 heteroatoms. The molecule has 0 saturated carbocycles. The van der Waals surface area contributed by atoms with Crippen LogP contribution in [0.2, 0.25) is 5.15 Å². The maximum absolute atomic E-state index is 6.04. The first-order chi connectivity index (χ1) is 9.24. The van der Waals surface area contributed by atoms with E-state index in [9.17, 15) is 0 Å². The van der Waals surface area contributed by atoms with Gasteiger partial charge in [-0.1, -0.05) is 11.6 Å². The van der Waals surface area contributed by atoms with Crippen LogP contribution in [-0.2, 0) is 4.74 Å². The van der Waals surface area contributed by atoms with Gasteiger partial charge >= 0.3 is 0 Å². The Kier molecular flexibility index (Phi) is 4.09. The Bertz CT molecular complexity index is 582. The highest BCUT2D eigenvalue weighted by Gasteiger charge is 2.15. The number of nitrogens with one attached hydrogen (secondary N) is 1. The van der Waals surface area contributed by atoms with E-state index in [1.807, 2.05) is 6.07 Å². The molecule has 1 aliphatic rings. The molecule has 2 aromatic heterocycles. The molecule has 0 spiro atoms. The highest BCUT2D eigenvalue weighted by atomic mass is 127. The van der Waals surface area contributed by atoms with Crippen molar-refractivity contribution in [3.8, 4) is 0 Å². The first kappa shape index (κ1) is 13.4. The third kappa shape index (κ3) is 2.95. The lowest BCUT2D eigenvalue weighted by molar-refractivity contribution is 0.0248. The summed E-state index contributed by atoms with van der Waals surface area (Å²) in [5.41, 5.74) is 1.70. The summed E-state index contributed by atoms with van der Waals surface area (Å²) in [5, 5.41) is 8.06. The number of halogens is 2. The summed E-state index contributed by atoms with van der Waals surface area (Å²) in [4.78, 5) is 4.35. The van der Waals surface area contributed by atoms with Crippen molar-refractivity contribution >= 4 is 45.5 Å². The molecule has 1 N–H and O–H groups in total. The van der Waals surface area contributed by atoms with Crippen LogP contribution in [0.25, 0.3) is 5.65 Å². The van der Waals surface area contributed by atoms with Crippen molar-refractivity contribution in [2.75, 3.05) is 18.5 Å². The smallest absolute Gasteiger partial charge is 0.178 e. The van der Waals surface area contributed by atoms with Gasteiger partial charge in [0.2, 0.25) is 0 Å². The van der Waals surface area contributed by atoms with Gasteiger partial charge in [-0.3, -0.25) is 0 Å². The third-order valence-electron chi connectivity index (χ3n) is 3.19. The molecule has 0 aromatic carbocycles. The van der Waals surface area contributed by atoms with E-state index in [1.54, 1.807) is 10.7 Å². The molecule has 0 bridgehead atoms. The first-order valence-electron chi connectivity index (χ1n) is 6.29. The van der Waals surface area contributed by atoms with Crippen LogP contribution >= 0.6 is 34.2 Å². The van der Waals surface area contributed by atoms with E-state index in [1.165, 1.54) is 12.8 Å². The van der Waals surface area contributed by atoms with E-state index in [0.717, 1.165) is 34.6 Å². The fourth-order valence-electron chi connectivity index (χ4n) is 2.23. The number of aromatic nitrogens is 3. The highest BCUT2D eigenvalue weighted by molar-refractivity contribution is 14.1. The fraction of sp³-hybridized carbons (Fsp3) is 0.500. The second-order valence-electron chi connectivity index (χ2n) is 4.57. The Morgan fingerprint density at radius 3 is 3.21 bits per heavy atom. The van der Waals surface area contributed by atoms with Crippen LogP contribution in [0.1, 0.15) is 19.3 Å². The summed E-state index contributed by atoms with van der Waals surface area (Å²) in [7, 11) is 0. The number of hydrogen-bond acceptors (Lipinski definition) is 4. The van der Waals surface area contributed by atoms with Gasteiger partial charge in [0.15, 0.2) is 10.8 Å². The fourth-order valence-corrected chi connectivity index (χ4v) is 2.89. The molecule has 3 heterocycles. The molecular weight excluding hydrogens is 379 g/mol. The lowest BCUT2D eigenvalue weighted by atomic mass is 10.1. The van der Waals surface area contributed by atoms with Gasteiger partial charge in [0.05, 0.1) is 18.0 Å². The predicted octanol–water partition coefficient (Wildman–Crippen LogP) is 2.97. The third-order valence-corrected chi connectivity index (χ3v) is 4.11. The van der Waals surface area contributed by atoms with E-state index < -0.39 is 0 Å². The largest absolute Gasteiger partial charge is 0.379 e. The van der Waals surface area contributed by atoms with Crippen LogP contribution in [0.15, 0.2) is 12.3 Å². The lowest BCUT2D eigenvalue weighted by Gasteiger charge is -2.23. The molecule has 19 heavy (non-hydrogen) atoms. The van der Waals surface area contributed by atoms with Crippen LogP contribution in [-0.4, -0.2) is 33.9 Å². The van der Waals surface area contributed by atoms with Gasteiger partial charge in [0.25, 0.3) is 0 Å². The number of rotatable bonds is 3. The van der Waals surface area contributed by atoms with Crippen molar-refractivity contribution in [2.45, 2.75) is 25.4 Å². The Balaban J connectivity index is 1.79. The van der Waals surface area contributed by atoms with Crippen molar-refractivity contribution in [3.63, 3.8) is 0 Å². The van der Waals surface area contributed by atoms with E-state index >= 15 is 0 Å². The molecule has 1 atom stereocenters. The highest BCUT2D eigenvalue weighted by Crippen LogP contribution is 2.22. The summed E-state index contributed by atoms with van der Waals surface area (Å²) in [5.74, 6) is 0. The van der Waals surface area contributed by atoms with Gasteiger partial charge in [-0.15, -0.1) is 0 Å². The molecule has 1 aliphatic heterocycles. The van der Waals surface area contributed by atoms with Crippen LogP contribution in [0, 0.1) is 3.70 Å². The number of fused-ring (bicyclic) bond motifs is 1. The summed E-state index contributed by atoms with van der Waals surface area (Å²) in [6.45, 7) is 1.64. The number of anilines is 1. The van der Waals surface area contributed by atoms with Crippen LogP contribution in [0.5, 0.6) is 0 Å². The zero-order chi connectivity index (χ0) is 13.2. The lowest BCUT2D eigenvalue weighted by Crippen LogP contribution is -2.27. The van der Waals surface area contributed by atoms with Crippen molar-refractivity contribution in [1.82, 2.24) is 14.6 Å². The summed E-state index contributed by atoms with van der Waals surface area (Å²) < 4.78 is 8.39. The summed E-state index contributed by atoms with van der Waals surface area (Å²) in [6.07, 6.45) is 5.56. The Morgan fingerprint density at radius 2 is 2.42 bits per heavy atom. The predicted molar refractivity (Wildman–Crippen MR) is 82.8 cm³/mol. The zero-order valence-electron chi connectivity index (χ0n) is 10.3. The maximum atomic E-state index is 6.04. The van der Waals surface area contributed by atoms with Crippen LogP contribution < -0.4 is 5.32 Å². The number of hydrogen-bond donors (Lipinski definition) is 1. The van der Waals surface area contributed by atoms with Gasteiger partial charge in [0, 0.05) is 19.2 Å². The molecule has 5 nitrogen and oxygen atoms in total. The number of imidazole rings is 1. The van der Waals surface area contributed by atoms with Gasteiger partial charge < -0.3 is 10.1 Å². The van der Waals surface area contributed by atoms with E-state index in [4.69, 9.17) is 16.3 Å². The Hall–Kier alpha value is -0.600. The standard InChI is InChI=1S/C12H14ClIN4O/c13-10-5-9(12-16-7-11(14)18(12)17-10)15-6-8-3-1-2-4-19-8/h5,7-8,15H,1-4,6H2. The minimum absolute atomic E-state index is 0.273. The molecule has 2 aromatic rings. The second-order valence-corrected chi connectivity index (χ2v) is 6.06. The Labute approximate surface area is 129 Å². The van der Waals surface area contributed by atoms with Gasteiger partial charge in [0.1, 0.15) is 3.70 Å². The normalized spacial score (nSPS) is 19.8. The molecule has 0 aliphatic carbocycles. The zero-order valence-corrected chi connectivity index (χ0v) is 13.2. The molecule has 102 valence electrons. The number of nitrogens with zero attached hydrogens (tertiary/aromatic N) is 3. The van der Waals surface area contributed by atoms with E-state index in [0.29, 0.717) is 5.15 Å². The average Bonchev–Trinajstić information content (AvgIpc) is 2.79. The van der Waals surface area contributed by atoms with Crippen molar-refractivity contribution in [1.29, 1.82) is 0 Å². The minimum Gasteiger partial charge on any atom is -0.379 e. The molecule has 1 saturated heterocycles. The van der Waals surface area contributed by atoms with Crippen LogP contribution in [0.3, 0.4) is 0 Å². The monoisotopic (exact) mass is 392 g/mol. The molecule has 3 rings (SSSR count). The SMILES string of the molecule is Clc1cc(NCC2CCCCO2)c2ncc(I)n2n1. The minimum atomic E-state index is 0.273. The quantitative estimate of drug-likeness (QED) is 0.816. The maximum Gasteiger partial charge on any atom is 0.178 e. The van der Waals surface area contributed by atoms with Crippen LogP contribution in [0.4, 0.5) is 5.69 Å². The van der Waals surface area contributed by atoms with Crippen molar-refractivity contribution in [2.24, 2.45) is 0 Å². The number of ether oxygens (including phenoxy) is 1. The average molecular weight is 393 g/mol. The van der Waals surface area contributed by atoms with Crippen molar-refractivity contribution in [3.05, 3.63) is 21.1 Å². The summed E-state index contributed by atoms with van der Waals surface area (Å²) >= 11 is 8.23. The van der Waals surface area contributed by atoms with E-state index in [2.05, 4.69) is 38.0 Å². The molecule has 0 radical (unpaired) electrons. The van der Waals surface area contributed by atoms with Gasteiger partial charge in [-0.25, -0.2) is 9.50 Å². The van der Waals surface area contributed by atoms with Gasteiger partial charge in [-0.05, 0) is 41.9 Å². The molecule has 1 unspecified atom stereocenters. The summed E-state index contributed by atoms with van der Waals surface area (Å²) in [6, 6.07) is 1.81. The first-order valence-corrected chi connectivity index (χ1v) is 7.75.